The van der Waals surface area contributed by atoms with E-state index in [1.807, 2.05) is 29.9 Å². The largest absolute Gasteiger partial charge is 0.465 e. The Morgan fingerprint density at radius 3 is 2.76 bits per heavy atom. The SMILES string of the molecule is COC(=O)c1scc(C)c1S(=O)(=O)NCc1cccn1C. The van der Waals surface area contributed by atoms with Crippen molar-refractivity contribution in [3.63, 3.8) is 0 Å². The van der Waals surface area contributed by atoms with E-state index in [0.717, 1.165) is 17.0 Å². The van der Waals surface area contributed by atoms with Gasteiger partial charge in [-0.1, -0.05) is 0 Å². The van der Waals surface area contributed by atoms with Crippen LogP contribution >= 0.6 is 11.3 Å². The lowest BCUT2D eigenvalue weighted by atomic mass is 10.3. The normalized spacial score (nSPS) is 11.6. The van der Waals surface area contributed by atoms with E-state index in [1.165, 1.54) is 7.11 Å². The quantitative estimate of drug-likeness (QED) is 0.847. The molecule has 0 atom stereocenters. The standard InChI is InChI=1S/C13H16N2O4S2/c1-9-8-20-11(13(16)19-3)12(9)21(17,18)14-7-10-5-4-6-15(10)2/h4-6,8,14H,7H2,1-3H3. The van der Waals surface area contributed by atoms with E-state index in [1.54, 1.807) is 12.3 Å². The Morgan fingerprint density at radius 2 is 2.19 bits per heavy atom. The van der Waals surface area contributed by atoms with Gasteiger partial charge in [-0.05, 0) is 30.0 Å². The molecular formula is C13H16N2O4S2. The van der Waals surface area contributed by atoms with Crippen LogP contribution in [-0.2, 0) is 28.4 Å². The van der Waals surface area contributed by atoms with Crippen LogP contribution in [0.1, 0.15) is 20.9 Å². The van der Waals surface area contributed by atoms with E-state index in [-0.39, 0.29) is 16.3 Å². The van der Waals surface area contributed by atoms with Crippen molar-refractivity contribution in [3.8, 4) is 0 Å². The summed E-state index contributed by atoms with van der Waals surface area (Å²) in [5, 5.41) is 1.63. The van der Waals surface area contributed by atoms with Crippen molar-refractivity contribution in [3.05, 3.63) is 39.8 Å². The second-order valence-corrected chi connectivity index (χ2v) is 7.09. The fourth-order valence-corrected chi connectivity index (χ4v) is 4.62. The molecule has 2 heterocycles. The van der Waals surface area contributed by atoms with Gasteiger partial charge in [0, 0.05) is 18.9 Å². The molecule has 0 saturated heterocycles. The van der Waals surface area contributed by atoms with E-state index in [4.69, 9.17) is 0 Å². The summed E-state index contributed by atoms with van der Waals surface area (Å²) in [6.45, 7) is 1.81. The number of aromatic nitrogens is 1. The molecule has 2 aromatic rings. The van der Waals surface area contributed by atoms with Gasteiger partial charge in [0.2, 0.25) is 10.0 Å². The van der Waals surface area contributed by atoms with Crippen molar-refractivity contribution in [2.75, 3.05) is 7.11 Å². The minimum Gasteiger partial charge on any atom is -0.465 e. The predicted octanol–water partition coefficient (Wildman–Crippen LogP) is 1.66. The number of nitrogens with zero attached hydrogens (tertiary/aromatic N) is 1. The molecule has 0 amide bonds. The molecule has 0 aromatic carbocycles. The Labute approximate surface area is 127 Å². The molecule has 2 aromatic heterocycles. The number of methoxy groups -OCH3 is 1. The summed E-state index contributed by atoms with van der Waals surface area (Å²) in [4.78, 5) is 11.8. The highest BCUT2D eigenvalue weighted by molar-refractivity contribution is 7.89. The number of sulfonamides is 1. The van der Waals surface area contributed by atoms with Crippen LogP contribution in [0.4, 0.5) is 0 Å². The van der Waals surface area contributed by atoms with Crippen molar-refractivity contribution >= 4 is 27.3 Å². The van der Waals surface area contributed by atoms with Crippen molar-refractivity contribution in [1.82, 2.24) is 9.29 Å². The summed E-state index contributed by atoms with van der Waals surface area (Å²) in [6.07, 6.45) is 1.83. The van der Waals surface area contributed by atoms with Crippen LogP contribution < -0.4 is 4.72 Å². The van der Waals surface area contributed by atoms with Crippen LogP contribution in [0.15, 0.2) is 28.6 Å². The first-order valence-corrected chi connectivity index (χ1v) is 8.49. The van der Waals surface area contributed by atoms with E-state index in [2.05, 4.69) is 9.46 Å². The van der Waals surface area contributed by atoms with Gasteiger partial charge >= 0.3 is 5.97 Å². The first kappa shape index (κ1) is 15.7. The molecule has 0 saturated carbocycles. The highest BCUT2D eigenvalue weighted by atomic mass is 32.2. The zero-order chi connectivity index (χ0) is 15.6. The Balaban J connectivity index is 2.30. The summed E-state index contributed by atoms with van der Waals surface area (Å²) in [6, 6.07) is 3.66. The number of nitrogens with one attached hydrogen (secondary N) is 1. The van der Waals surface area contributed by atoms with E-state index in [9.17, 15) is 13.2 Å². The third-order valence-electron chi connectivity index (χ3n) is 3.05. The maximum Gasteiger partial charge on any atom is 0.349 e. The van der Waals surface area contributed by atoms with Gasteiger partial charge < -0.3 is 9.30 Å². The minimum absolute atomic E-state index is 0.00596. The summed E-state index contributed by atoms with van der Waals surface area (Å²) < 4.78 is 33.8. The summed E-state index contributed by atoms with van der Waals surface area (Å²) in [5.41, 5.74) is 1.35. The molecular weight excluding hydrogens is 312 g/mol. The number of aryl methyl sites for hydroxylation is 2. The van der Waals surface area contributed by atoms with Gasteiger partial charge in [0.25, 0.3) is 0 Å². The second kappa shape index (κ2) is 6.00. The molecule has 114 valence electrons. The number of rotatable bonds is 5. The molecule has 2 rings (SSSR count). The molecule has 21 heavy (non-hydrogen) atoms. The van der Waals surface area contributed by atoms with Crippen LogP contribution in [0, 0.1) is 6.92 Å². The highest BCUT2D eigenvalue weighted by Gasteiger charge is 2.27. The molecule has 0 fully saturated rings. The molecule has 1 N–H and O–H groups in total. The van der Waals surface area contributed by atoms with Crippen molar-refractivity contribution in [1.29, 1.82) is 0 Å². The number of ether oxygens (including phenoxy) is 1. The zero-order valence-electron chi connectivity index (χ0n) is 11.9. The van der Waals surface area contributed by atoms with E-state index >= 15 is 0 Å². The van der Waals surface area contributed by atoms with Crippen LogP contribution in [0.3, 0.4) is 0 Å². The molecule has 6 nitrogen and oxygen atoms in total. The molecule has 0 spiro atoms. The van der Waals surface area contributed by atoms with Crippen molar-refractivity contribution < 1.29 is 17.9 Å². The molecule has 0 radical (unpaired) electrons. The number of carbonyl (C=O) groups is 1. The monoisotopic (exact) mass is 328 g/mol. The molecule has 0 aliphatic rings. The number of thiophene rings is 1. The summed E-state index contributed by atoms with van der Waals surface area (Å²) >= 11 is 1.06. The van der Waals surface area contributed by atoms with Gasteiger partial charge in [0.15, 0.2) is 0 Å². The lowest BCUT2D eigenvalue weighted by Crippen LogP contribution is -2.26. The molecule has 0 aliphatic heterocycles. The van der Waals surface area contributed by atoms with Gasteiger partial charge in [-0.25, -0.2) is 17.9 Å². The molecule has 8 heteroatoms. The van der Waals surface area contributed by atoms with E-state index < -0.39 is 16.0 Å². The Morgan fingerprint density at radius 1 is 1.48 bits per heavy atom. The van der Waals surface area contributed by atoms with Gasteiger partial charge in [-0.3, -0.25) is 0 Å². The first-order valence-electron chi connectivity index (χ1n) is 6.13. The van der Waals surface area contributed by atoms with Crippen LogP contribution in [0.25, 0.3) is 0 Å². The molecule has 0 unspecified atom stereocenters. The molecule has 0 aliphatic carbocycles. The summed E-state index contributed by atoms with van der Waals surface area (Å²) in [7, 11) is -0.720. The first-order chi connectivity index (χ1) is 9.86. The van der Waals surface area contributed by atoms with Crippen LogP contribution in [0.2, 0.25) is 0 Å². The van der Waals surface area contributed by atoms with Crippen molar-refractivity contribution in [2.24, 2.45) is 7.05 Å². The third kappa shape index (κ3) is 3.17. The Kier molecular flexibility index (Phi) is 4.50. The average molecular weight is 328 g/mol. The fourth-order valence-electron chi connectivity index (χ4n) is 1.92. The van der Waals surface area contributed by atoms with Crippen LogP contribution in [-0.4, -0.2) is 26.1 Å². The number of hydrogen-bond acceptors (Lipinski definition) is 5. The number of esters is 1. The minimum atomic E-state index is -3.78. The lowest BCUT2D eigenvalue weighted by Gasteiger charge is -2.09. The van der Waals surface area contributed by atoms with Crippen LogP contribution in [0.5, 0.6) is 0 Å². The van der Waals surface area contributed by atoms with Gasteiger partial charge in [0.1, 0.15) is 9.77 Å². The third-order valence-corrected chi connectivity index (χ3v) is 5.85. The topological polar surface area (TPSA) is 77.4 Å². The smallest absolute Gasteiger partial charge is 0.349 e. The van der Waals surface area contributed by atoms with E-state index in [0.29, 0.717) is 5.56 Å². The Bertz CT molecular complexity index is 759. The highest BCUT2D eigenvalue weighted by Crippen LogP contribution is 2.27. The average Bonchev–Trinajstić information content (AvgIpc) is 3.02. The van der Waals surface area contributed by atoms with Crippen molar-refractivity contribution in [2.45, 2.75) is 18.4 Å². The zero-order valence-corrected chi connectivity index (χ0v) is 13.5. The van der Waals surface area contributed by atoms with Gasteiger partial charge in [-0.2, -0.15) is 0 Å². The number of carbonyl (C=O) groups excluding carboxylic acids is 1. The van der Waals surface area contributed by atoms with Gasteiger partial charge in [-0.15, -0.1) is 11.3 Å². The van der Waals surface area contributed by atoms with Gasteiger partial charge in [0.05, 0.1) is 13.7 Å². The maximum absolute atomic E-state index is 12.4. The summed E-state index contributed by atoms with van der Waals surface area (Å²) in [5.74, 6) is -0.646. The Hall–Kier alpha value is -1.64. The predicted molar refractivity (Wildman–Crippen MR) is 79.8 cm³/mol. The maximum atomic E-state index is 12.4. The molecule has 0 bridgehead atoms. The second-order valence-electron chi connectivity index (χ2n) is 4.50. The fraction of sp³-hybridized carbons (Fsp3) is 0.308. The lowest BCUT2D eigenvalue weighted by molar-refractivity contribution is 0.0602. The number of hydrogen-bond donors (Lipinski definition) is 1.